The Balaban J connectivity index is 2.93. The average Bonchev–Trinajstić information content (AvgIpc) is 2.23. The Kier molecular flexibility index (Phi) is 4.32. The van der Waals surface area contributed by atoms with Gasteiger partial charge >= 0.3 is 6.18 Å². The molecule has 1 aromatic rings. The smallest absolute Gasteiger partial charge is 0.234 e. The summed E-state index contributed by atoms with van der Waals surface area (Å²) in [7, 11) is -1.48. The zero-order valence-electron chi connectivity index (χ0n) is 10.3. The molecule has 0 saturated carbocycles. The van der Waals surface area contributed by atoms with E-state index in [0.717, 1.165) is 12.1 Å². The molecule has 2 nitrogen and oxygen atoms in total. The van der Waals surface area contributed by atoms with Gasteiger partial charge in [-0.3, -0.25) is 0 Å². The molecule has 0 radical (unpaired) electrons. The summed E-state index contributed by atoms with van der Waals surface area (Å²) in [6.45, 7) is 5.23. The minimum absolute atomic E-state index is 0.280. The molecular formula is C12H14F3NOS. The molecule has 1 aromatic carbocycles. The first-order chi connectivity index (χ1) is 8.10. The summed E-state index contributed by atoms with van der Waals surface area (Å²) in [6, 6.07) is 4.74. The molecule has 0 aliphatic heterocycles. The second kappa shape index (κ2) is 5.22. The molecule has 0 heterocycles. The zero-order valence-corrected chi connectivity index (χ0v) is 11.1. The number of nitrogens with zero attached hydrogens (tertiary/aromatic N) is 1. The van der Waals surface area contributed by atoms with Gasteiger partial charge in [0.15, 0.2) is 0 Å². The van der Waals surface area contributed by atoms with Gasteiger partial charge in [0.1, 0.15) is 11.0 Å². The van der Waals surface area contributed by atoms with Crippen molar-refractivity contribution < 1.29 is 17.4 Å². The van der Waals surface area contributed by atoms with Gasteiger partial charge in [-0.15, -0.1) is 0 Å². The van der Waals surface area contributed by atoms with Crippen LogP contribution in [0.4, 0.5) is 13.2 Å². The molecule has 0 aliphatic rings. The monoisotopic (exact) mass is 277 g/mol. The van der Waals surface area contributed by atoms with Gasteiger partial charge in [-0.2, -0.15) is 17.6 Å². The van der Waals surface area contributed by atoms with Crippen molar-refractivity contribution in [2.75, 3.05) is 0 Å². The molecule has 100 valence electrons. The van der Waals surface area contributed by atoms with Crippen LogP contribution in [0, 0.1) is 0 Å². The Morgan fingerprint density at radius 1 is 1.22 bits per heavy atom. The fourth-order valence-electron chi connectivity index (χ4n) is 1.06. The van der Waals surface area contributed by atoms with Crippen LogP contribution < -0.4 is 0 Å². The predicted molar refractivity (Wildman–Crippen MR) is 66.9 cm³/mol. The lowest BCUT2D eigenvalue weighted by Crippen LogP contribution is -2.19. The fraction of sp³-hybridized carbons (Fsp3) is 0.417. The van der Waals surface area contributed by atoms with Crippen molar-refractivity contribution in [3.63, 3.8) is 0 Å². The summed E-state index contributed by atoms with van der Waals surface area (Å²) in [5, 5.41) is 0. The summed E-state index contributed by atoms with van der Waals surface area (Å²) in [5.41, 5.74) is -0.463. The van der Waals surface area contributed by atoms with E-state index in [0.29, 0.717) is 0 Å². The maximum Gasteiger partial charge on any atom is 0.416 e. The van der Waals surface area contributed by atoms with Gasteiger partial charge in [0.05, 0.1) is 10.3 Å². The first-order valence-corrected chi connectivity index (χ1v) is 6.35. The third-order valence-corrected chi connectivity index (χ3v) is 3.38. The minimum atomic E-state index is -4.38. The summed E-state index contributed by atoms with van der Waals surface area (Å²) in [6.07, 6.45) is -3.18. The molecule has 0 amide bonds. The van der Waals surface area contributed by atoms with Crippen LogP contribution in [0.25, 0.3) is 0 Å². The number of alkyl halides is 3. The maximum absolute atomic E-state index is 12.5. The van der Waals surface area contributed by atoms with E-state index < -0.39 is 27.5 Å². The molecule has 6 heteroatoms. The van der Waals surface area contributed by atoms with E-state index in [4.69, 9.17) is 0 Å². The van der Waals surface area contributed by atoms with Crippen LogP contribution in [-0.4, -0.2) is 15.2 Å². The molecular weight excluding hydrogens is 263 g/mol. The molecule has 1 rings (SSSR count). The number of rotatable bonds is 2. The number of hydrogen-bond donors (Lipinski definition) is 0. The van der Waals surface area contributed by atoms with Crippen LogP contribution in [0.15, 0.2) is 28.7 Å². The second-order valence-corrected chi connectivity index (χ2v) is 6.65. The number of halogens is 3. The third-order valence-electron chi connectivity index (χ3n) is 2.04. The van der Waals surface area contributed by atoms with Gasteiger partial charge in [-0.25, -0.2) is 4.21 Å². The SMILES string of the molecule is CC(C)(C)S(=O)N=Cc1cccc(C(F)(F)F)c1. The summed E-state index contributed by atoms with van der Waals surface area (Å²) >= 11 is 0. The quantitative estimate of drug-likeness (QED) is 0.760. The van der Waals surface area contributed by atoms with Crippen LogP contribution in [0.5, 0.6) is 0 Å². The lowest BCUT2D eigenvalue weighted by Gasteiger charge is -2.12. The van der Waals surface area contributed by atoms with E-state index in [1.165, 1.54) is 18.3 Å². The van der Waals surface area contributed by atoms with Crippen molar-refractivity contribution in [2.24, 2.45) is 4.40 Å². The third kappa shape index (κ3) is 4.25. The molecule has 1 unspecified atom stereocenters. The van der Waals surface area contributed by atoms with Crippen LogP contribution in [0.2, 0.25) is 0 Å². The van der Waals surface area contributed by atoms with E-state index in [1.54, 1.807) is 20.8 Å². The Labute approximate surface area is 107 Å². The van der Waals surface area contributed by atoms with Gasteiger partial charge in [-0.1, -0.05) is 12.1 Å². The lowest BCUT2D eigenvalue weighted by atomic mass is 10.1. The van der Waals surface area contributed by atoms with E-state index in [2.05, 4.69) is 4.40 Å². The molecule has 1 atom stereocenters. The molecule has 0 aromatic heterocycles. The van der Waals surface area contributed by atoms with Crippen molar-refractivity contribution in [1.29, 1.82) is 0 Å². The highest BCUT2D eigenvalue weighted by Gasteiger charge is 2.30. The van der Waals surface area contributed by atoms with E-state index in [-0.39, 0.29) is 5.56 Å². The Morgan fingerprint density at radius 3 is 2.33 bits per heavy atom. The van der Waals surface area contributed by atoms with Crippen molar-refractivity contribution in [1.82, 2.24) is 0 Å². The number of benzene rings is 1. The predicted octanol–water partition coefficient (Wildman–Crippen LogP) is 3.59. The van der Waals surface area contributed by atoms with Crippen LogP contribution in [0.3, 0.4) is 0 Å². The van der Waals surface area contributed by atoms with Gasteiger partial charge in [0, 0.05) is 6.21 Å². The Bertz CT molecular complexity index is 475. The van der Waals surface area contributed by atoms with Gasteiger partial charge in [0.2, 0.25) is 0 Å². The van der Waals surface area contributed by atoms with Crippen molar-refractivity contribution >= 4 is 17.2 Å². The fourth-order valence-corrected chi connectivity index (χ4v) is 1.60. The largest absolute Gasteiger partial charge is 0.416 e. The Hall–Kier alpha value is -1.17. The lowest BCUT2D eigenvalue weighted by molar-refractivity contribution is -0.137. The summed E-state index contributed by atoms with van der Waals surface area (Å²) in [4.78, 5) is 0. The molecule has 18 heavy (non-hydrogen) atoms. The summed E-state index contributed by atoms with van der Waals surface area (Å²) in [5.74, 6) is 0. The van der Waals surface area contributed by atoms with E-state index in [9.17, 15) is 17.4 Å². The molecule has 0 N–H and O–H groups in total. The molecule has 0 aliphatic carbocycles. The highest BCUT2D eigenvalue weighted by molar-refractivity contribution is 7.85. The molecule has 0 bridgehead atoms. The normalized spacial score (nSPS) is 15.0. The number of hydrogen-bond acceptors (Lipinski definition) is 1. The van der Waals surface area contributed by atoms with Gasteiger partial charge in [-0.05, 0) is 38.5 Å². The minimum Gasteiger partial charge on any atom is -0.234 e. The van der Waals surface area contributed by atoms with E-state index in [1.807, 2.05) is 0 Å². The standard InChI is InChI=1S/C12H14F3NOS/c1-11(2,3)18(17)16-8-9-5-4-6-10(7-9)12(13,14)15/h4-8H,1-3H3. The molecule has 0 fully saturated rings. The average molecular weight is 277 g/mol. The Morgan fingerprint density at radius 2 is 1.83 bits per heavy atom. The molecule has 0 saturated heterocycles. The van der Waals surface area contributed by atoms with Crippen LogP contribution in [0.1, 0.15) is 31.9 Å². The van der Waals surface area contributed by atoms with Crippen molar-refractivity contribution in [2.45, 2.75) is 31.7 Å². The molecule has 0 spiro atoms. The highest BCUT2D eigenvalue weighted by Crippen LogP contribution is 2.29. The zero-order chi connectivity index (χ0) is 14.0. The first-order valence-electron chi connectivity index (χ1n) is 5.24. The van der Waals surface area contributed by atoms with E-state index >= 15 is 0 Å². The first kappa shape index (κ1) is 14.9. The maximum atomic E-state index is 12.5. The van der Waals surface area contributed by atoms with Crippen LogP contribution in [-0.2, 0) is 17.2 Å². The topological polar surface area (TPSA) is 29.4 Å². The van der Waals surface area contributed by atoms with Gasteiger partial charge in [0.25, 0.3) is 0 Å². The van der Waals surface area contributed by atoms with Crippen molar-refractivity contribution in [3.8, 4) is 0 Å². The highest BCUT2D eigenvalue weighted by atomic mass is 32.2. The van der Waals surface area contributed by atoms with Gasteiger partial charge < -0.3 is 0 Å². The van der Waals surface area contributed by atoms with Crippen molar-refractivity contribution in [3.05, 3.63) is 35.4 Å². The van der Waals surface area contributed by atoms with Crippen LogP contribution >= 0.6 is 0 Å². The second-order valence-electron chi connectivity index (χ2n) is 4.72. The summed E-state index contributed by atoms with van der Waals surface area (Å²) < 4.78 is 52.2.